The molecule has 1 aromatic heterocycles. The van der Waals surface area contributed by atoms with Crippen LogP contribution in [0.25, 0.3) is 0 Å². The van der Waals surface area contributed by atoms with E-state index in [1.807, 2.05) is 0 Å². The van der Waals surface area contributed by atoms with Gasteiger partial charge in [-0.2, -0.15) is 4.39 Å². The van der Waals surface area contributed by atoms with Gasteiger partial charge in [0, 0.05) is 6.20 Å². The van der Waals surface area contributed by atoms with Gasteiger partial charge in [0.2, 0.25) is 0 Å². The zero-order valence-corrected chi connectivity index (χ0v) is 7.79. The lowest BCUT2D eigenvalue weighted by molar-refractivity contribution is -0.390. The molecule has 0 saturated carbocycles. The molecule has 0 unspecified atom stereocenters. The Hall–Kier alpha value is -2.00. The van der Waals surface area contributed by atoms with Crippen LogP contribution in [0, 0.1) is 16.1 Å². The van der Waals surface area contributed by atoms with Crippen molar-refractivity contribution in [2.75, 3.05) is 0 Å². The molecule has 0 aliphatic heterocycles. The maximum atomic E-state index is 12.9. The van der Waals surface area contributed by atoms with Crippen LogP contribution in [0.1, 0.15) is 5.56 Å². The maximum absolute atomic E-state index is 12.9. The SMILES string of the molecule is O=[N+]([O-])c1c(CF)cnc(F)c1OC(F)(F)F. The number of pyridine rings is 1. The molecule has 0 atom stereocenters. The fourth-order valence-electron chi connectivity index (χ4n) is 1.00. The highest BCUT2D eigenvalue weighted by atomic mass is 19.4. The Labute approximate surface area is 90.0 Å². The molecule has 0 aliphatic rings. The standard InChI is InChI=1S/C7H3F5N2O3/c8-1-3-2-13-6(9)5(4(3)14(15)16)17-7(10,11)12/h2H,1H2. The first kappa shape index (κ1) is 13.1. The second-order valence-electron chi connectivity index (χ2n) is 2.69. The number of hydrogen-bond donors (Lipinski definition) is 0. The molecule has 17 heavy (non-hydrogen) atoms. The van der Waals surface area contributed by atoms with E-state index in [1.165, 1.54) is 0 Å². The van der Waals surface area contributed by atoms with E-state index in [0.717, 1.165) is 0 Å². The van der Waals surface area contributed by atoms with Crippen molar-refractivity contribution >= 4 is 5.69 Å². The zero-order valence-electron chi connectivity index (χ0n) is 7.79. The summed E-state index contributed by atoms with van der Waals surface area (Å²) in [5.74, 6) is -3.59. The Morgan fingerprint density at radius 2 is 2.06 bits per heavy atom. The zero-order chi connectivity index (χ0) is 13.2. The highest BCUT2D eigenvalue weighted by Crippen LogP contribution is 2.36. The first-order valence-corrected chi connectivity index (χ1v) is 3.89. The number of halogens is 5. The lowest BCUT2D eigenvalue weighted by Gasteiger charge is -2.10. The molecule has 0 radical (unpaired) electrons. The maximum Gasteiger partial charge on any atom is 0.573 e. The van der Waals surface area contributed by atoms with Crippen LogP contribution in [0.15, 0.2) is 6.20 Å². The molecule has 10 heteroatoms. The Bertz CT molecular complexity index is 448. The van der Waals surface area contributed by atoms with E-state index in [-0.39, 0.29) is 0 Å². The summed E-state index contributed by atoms with van der Waals surface area (Å²) in [6.07, 6.45) is -4.92. The largest absolute Gasteiger partial charge is 0.573 e. The van der Waals surface area contributed by atoms with Crippen molar-refractivity contribution in [3.8, 4) is 5.75 Å². The third kappa shape index (κ3) is 2.98. The minimum absolute atomic E-state index is 0.427. The lowest BCUT2D eigenvalue weighted by atomic mass is 10.2. The number of hydrogen-bond acceptors (Lipinski definition) is 4. The lowest BCUT2D eigenvalue weighted by Crippen LogP contribution is -2.19. The Morgan fingerprint density at radius 1 is 1.47 bits per heavy atom. The van der Waals surface area contributed by atoms with Gasteiger partial charge in [-0.25, -0.2) is 9.37 Å². The van der Waals surface area contributed by atoms with Crippen LogP contribution in [0.2, 0.25) is 0 Å². The van der Waals surface area contributed by atoms with E-state index in [2.05, 4.69) is 9.72 Å². The summed E-state index contributed by atoms with van der Waals surface area (Å²) in [6.45, 7) is -1.47. The summed E-state index contributed by atoms with van der Waals surface area (Å²) in [5.41, 5.74) is -2.24. The van der Waals surface area contributed by atoms with Gasteiger partial charge in [0.15, 0.2) is 0 Å². The summed E-state index contributed by atoms with van der Waals surface area (Å²) < 4.78 is 63.9. The van der Waals surface area contributed by atoms with E-state index >= 15 is 0 Å². The van der Waals surface area contributed by atoms with Gasteiger partial charge < -0.3 is 4.74 Å². The molecule has 94 valence electrons. The number of aromatic nitrogens is 1. The van der Waals surface area contributed by atoms with Crippen molar-refractivity contribution in [1.82, 2.24) is 4.98 Å². The van der Waals surface area contributed by atoms with Crippen molar-refractivity contribution in [2.45, 2.75) is 13.0 Å². The number of ether oxygens (including phenoxy) is 1. The van der Waals surface area contributed by atoms with Gasteiger partial charge in [-0.15, -0.1) is 13.2 Å². The molecule has 0 N–H and O–H groups in total. The fourth-order valence-corrected chi connectivity index (χ4v) is 1.00. The first-order chi connectivity index (χ1) is 7.76. The molecular formula is C7H3F5N2O3. The smallest absolute Gasteiger partial charge is 0.393 e. The molecule has 5 nitrogen and oxygen atoms in total. The summed E-state index contributed by atoms with van der Waals surface area (Å²) in [7, 11) is 0. The Balaban J connectivity index is 3.39. The third-order valence-electron chi connectivity index (χ3n) is 1.58. The molecule has 1 heterocycles. The van der Waals surface area contributed by atoms with Gasteiger partial charge in [0.05, 0.1) is 10.5 Å². The van der Waals surface area contributed by atoms with E-state index in [4.69, 9.17) is 0 Å². The van der Waals surface area contributed by atoms with E-state index < -0.39 is 40.9 Å². The van der Waals surface area contributed by atoms with Gasteiger partial charge >= 0.3 is 12.0 Å². The summed E-state index contributed by atoms with van der Waals surface area (Å²) in [6, 6.07) is 0. The fraction of sp³-hybridized carbons (Fsp3) is 0.286. The Kier molecular flexibility index (Phi) is 3.44. The summed E-state index contributed by atoms with van der Waals surface area (Å²) in [4.78, 5) is 11.8. The minimum Gasteiger partial charge on any atom is -0.393 e. The molecule has 1 aromatic rings. The second kappa shape index (κ2) is 4.47. The molecular weight excluding hydrogens is 255 g/mol. The van der Waals surface area contributed by atoms with Crippen molar-refractivity contribution in [1.29, 1.82) is 0 Å². The second-order valence-corrected chi connectivity index (χ2v) is 2.69. The molecule has 0 aromatic carbocycles. The molecule has 0 amide bonds. The van der Waals surface area contributed by atoms with Gasteiger partial charge in [-0.05, 0) is 0 Å². The predicted molar refractivity (Wildman–Crippen MR) is 42.3 cm³/mol. The quantitative estimate of drug-likeness (QED) is 0.361. The van der Waals surface area contributed by atoms with Crippen LogP contribution in [-0.4, -0.2) is 16.3 Å². The van der Waals surface area contributed by atoms with Crippen molar-refractivity contribution in [3.05, 3.63) is 27.8 Å². The predicted octanol–water partition coefficient (Wildman–Crippen LogP) is 2.50. The van der Waals surface area contributed by atoms with Crippen LogP contribution < -0.4 is 4.74 Å². The molecule has 0 bridgehead atoms. The third-order valence-corrected chi connectivity index (χ3v) is 1.58. The van der Waals surface area contributed by atoms with Gasteiger partial charge in [-0.3, -0.25) is 10.1 Å². The average Bonchev–Trinajstić information content (AvgIpc) is 2.18. The summed E-state index contributed by atoms with van der Waals surface area (Å²) in [5, 5.41) is 10.4. The van der Waals surface area contributed by atoms with E-state index in [9.17, 15) is 32.1 Å². The van der Waals surface area contributed by atoms with Crippen LogP contribution in [0.4, 0.5) is 27.6 Å². The molecule has 1 rings (SSSR count). The molecule has 0 saturated heterocycles. The van der Waals surface area contributed by atoms with Crippen LogP contribution in [-0.2, 0) is 6.67 Å². The first-order valence-electron chi connectivity index (χ1n) is 3.89. The van der Waals surface area contributed by atoms with Crippen molar-refractivity contribution < 1.29 is 31.6 Å². The van der Waals surface area contributed by atoms with Crippen molar-refractivity contribution in [3.63, 3.8) is 0 Å². The number of nitrogens with zero attached hydrogens (tertiary/aromatic N) is 2. The number of nitro groups is 1. The van der Waals surface area contributed by atoms with Gasteiger partial charge in [0.25, 0.3) is 11.7 Å². The molecule has 0 aliphatic carbocycles. The van der Waals surface area contributed by atoms with Crippen molar-refractivity contribution in [2.24, 2.45) is 0 Å². The van der Waals surface area contributed by atoms with Crippen LogP contribution >= 0.6 is 0 Å². The summed E-state index contributed by atoms with van der Waals surface area (Å²) >= 11 is 0. The average molecular weight is 258 g/mol. The van der Waals surface area contributed by atoms with Gasteiger partial charge in [0.1, 0.15) is 6.67 Å². The number of rotatable bonds is 3. The highest BCUT2D eigenvalue weighted by Gasteiger charge is 2.38. The minimum atomic E-state index is -5.35. The Morgan fingerprint density at radius 3 is 2.47 bits per heavy atom. The normalized spacial score (nSPS) is 11.4. The molecule has 0 fully saturated rings. The van der Waals surface area contributed by atoms with Crippen LogP contribution in [0.5, 0.6) is 5.75 Å². The topological polar surface area (TPSA) is 65.3 Å². The van der Waals surface area contributed by atoms with E-state index in [0.29, 0.717) is 6.20 Å². The van der Waals surface area contributed by atoms with Crippen LogP contribution in [0.3, 0.4) is 0 Å². The van der Waals surface area contributed by atoms with Gasteiger partial charge in [-0.1, -0.05) is 0 Å². The van der Waals surface area contributed by atoms with E-state index in [1.54, 1.807) is 0 Å². The number of alkyl halides is 4. The highest BCUT2D eigenvalue weighted by molar-refractivity contribution is 5.51. The molecule has 0 spiro atoms. The monoisotopic (exact) mass is 258 g/mol.